The zero-order chi connectivity index (χ0) is 12.6. The number of benzene rings is 1. The Hall–Kier alpha value is -1.66. The van der Waals surface area contributed by atoms with Gasteiger partial charge in [0, 0.05) is 0 Å². The van der Waals surface area contributed by atoms with E-state index >= 15 is 0 Å². The van der Waals surface area contributed by atoms with Gasteiger partial charge in [0.05, 0.1) is 22.0 Å². The van der Waals surface area contributed by atoms with Crippen LogP contribution in [0.25, 0.3) is 5.69 Å². The van der Waals surface area contributed by atoms with Gasteiger partial charge in [0.1, 0.15) is 10.1 Å². The van der Waals surface area contributed by atoms with Crippen LogP contribution in [0, 0.1) is 13.8 Å². The van der Waals surface area contributed by atoms with Gasteiger partial charge in [-0.2, -0.15) is 5.10 Å². The second kappa shape index (κ2) is 3.97. The van der Waals surface area contributed by atoms with Crippen molar-refractivity contribution in [2.24, 2.45) is 0 Å². The van der Waals surface area contributed by atoms with Gasteiger partial charge in [-0.3, -0.25) is 0 Å². The molecule has 0 aliphatic rings. The molecule has 0 spiro atoms. The molecule has 0 fully saturated rings. The number of aryl methyl sites for hydroxylation is 1. The van der Waals surface area contributed by atoms with Gasteiger partial charge in [0.15, 0.2) is 0 Å². The van der Waals surface area contributed by atoms with Crippen molar-refractivity contribution in [3.63, 3.8) is 0 Å². The molecular weight excluding hydrogens is 240 g/mol. The molecule has 6 heteroatoms. The molecule has 1 aromatic heterocycles. The third-order valence-electron chi connectivity index (χ3n) is 2.48. The zero-order valence-corrected chi connectivity index (χ0v) is 10.2. The van der Waals surface area contributed by atoms with Crippen LogP contribution in [0.5, 0.6) is 0 Å². The van der Waals surface area contributed by atoms with Crippen LogP contribution >= 0.6 is 0 Å². The van der Waals surface area contributed by atoms with Crippen molar-refractivity contribution >= 4 is 10.1 Å². The van der Waals surface area contributed by atoms with E-state index in [2.05, 4.69) is 5.10 Å². The molecule has 17 heavy (non-hydrogen) atoms. The van der Waals surface area contributed by atoms with Crippen LogP contribution in [0.4, 0.5) is 0 Å². The minimum absolute atomic E-state index is 0.223. The van der Waals surface area contributed by atoms with Gasteiger partial charge < -0.3 is 4.55 Å². The van der Waals surface area contributed by atoms with Crippen LogP contribution < -0.4 is 0 Å². The van der Waals surface area contributed by atoms with E-state index in [1.165, 1.54) is 11.6 Å². The Kier molecular flexibility index (Phi) is 2.76. The lowest BCUT2D eigenvalue weighted by Gasteiger charge is -2.07. The molecule has 0 saturated heterocycles. The monoisotopic (exact) mass is 251 g/mol. The van der Waals surface area contributed by atoms with Gasteiger partial charge in [-0.25, -0.2) is 13.1 Å². The van der Waals surface area contributed by atoms with Gasteiger partial charge in [0.25, 0.3) is 0 Å². The Bertz CT molecular complexity index is 645. The Morgan fingerprint density at radius 1 is 1.18 bits per heavy atom. The Morgan fingerprint density at radius 2 is 1.76 bits per heavy atom. The molecule has 2 rings (SSSR count). The minimum atomic E-state index is -4.48. The Morgan fingerprint density at radius 3 is 2.24 bits per heavy atom. The summed E-state index contributed by atoms with van der Waals surface area (Å²) >= 11 is 0. The number of para-hydroxylation sites is 1. The van der Waals surface area contributed by atoms with Crippen molar-refractivity contribution in [3.05, 3.63) is 41.7 Å². The number of hydrogen-bond donors (Lipinski definition) is 0. The van der Waals surface area contributed by atoms with Gasteiger partial charge in [-0.1, -0.05) is 18.2 Å². The topological polar surface area (TPSA) is 75.0 Å². The summed E-state index contributed by atoms with van der Waals surface area (Å²) in [6, 6.07) is 9.07. The zero-order valence-electron chi connectivity index (χ0n) is 9.41. The highest BCUT2D eigenvalue weighted by Crippen LogP contribution is 2.21. The van der Waals surface area contributed by atoms with E-state index in [-0.39, 0.29) is 10.6 Å². The van der Waals surface area contributed by atoms with Crippen molar-refractivity contribution in [3.8, 4) is 5.69 Å². The molecule has 0 unspecified atom stereocenters. The van der Waals surface area contributed by atoms with E-state index in [1.807, 2.05) is 18.2 Å². The molecule has 90 valence electrons. The molecule has 1 heterocycles. The fraction of sp³-hybridized carbons (Fsp3) is 0.182. The standard InChI is InChI=1S/C11H12N2O3S/c1-8-11(17(14,15)16)9(2)13(12-8)10-6-4-3-5-7-10/h3-7H,1-2H3,(H,14,15,16)/p-1. The van der Waals surface area contributed by atoms with E-state index in [0.717, 1.165) is 5.69 Å². The van der Waals surface area contributed by atoms with Crippen LogP contribution in [0.15, 0.2) is 35.2 Å². The summed E-state index contributed by atoms with van der Waals surface area (Å²) in [5.74, 6) is 0. The molecule has 0 bridgehead atoms. The molecule has 0 radical (unpaired) electrons. The molecule has 0 atom stereocenters. The summed E-state index contributed by atoms with van der Waals surface area (Å²) in [6.45, 7) is 3.08. The molecule has 5 nitrogen and oxygen atoms in total. The van der Waals surface area contributed by atoms with Crippen molar-refractivity contribution in [2.75, 3.05) is 0 Å². The number of aromatic nitrogens is 2. The summed E-state index contributed by atoms with van der Waals surface area (Å²) in [5.41, 5.74) is 1.29. The predicted octanol–water partition coefficient (Wildman–Crippen LogP) is 1.39. The van der Waals surface area contributed by atoms with Crippen LogP contribution in [0.1, 0.15) is 11.4 Å². The number of hydrogen-bond acceptors (Lipinski definition) is 4. The van der Waals surface area contributed by atoms with E-state index in [1.54, 1.807) is 19.1 Å². The van der Waals surface area contributed by atoms with E-state index in [4.69, 9.17) is 0 Å². The Labute approximate surface area is 99.5 Å². The maximum absolute atomic E-state index is 11.1. The van der Waals surface area contributed by atoms with Crippen LogP contribution in [0.2, 0.25) is 0 Å². The molecule has 1 aromatic carbocycles. The molecule has 0 amide bonds. The smallest absolute Gasteiger partial charge is 0.128 e. The summed E-state index contributed by atoms with van der Waals surface area (Å²) < 4.78 is 34.8. The molecule has 0 saturated carbocycles. The molecule has 0 N–H and O–H groups in total. The fourth-order valence-corrected chi connectivity index (χ4v) is 2.66. The van der Waals surface area contributed by atoms with E-state index < -0.39 is 10.1 Å². The van der Waals surface area contributed by atoms with Gasteiger partial charge in [-0.05, 0) is 26.0 Å². The van der Waals surface area contributed by atoms with Gasteiger partial charge >= 0.3 is 0 Å². The summed E-state index contributed by atoms with van der Waals surface area (Å²) in [4.78, 5) is -0.235. The lowest BCUT2D eigenvalue weighted by atomic mass is 10.3. The summed E-state index contributed by atoms with van der Waals surface area (Å²) in [5, 5.41) is 4.08. The van der Waals surface area contributed by atoms with Gasteiger partial charge in [-0.15, -0.1) is 0 Å². The third kappa shape index (κ3) is 2.09. The first-order valence-corrected chi connectivity index (χ1v) is 6.39. The number of nitrogens with zero attached hydrogens (tertiary/aromatic N) is 2. The molecule has 2 aromatic rings. The van der Waals surface area contributed by atoms with Crippen molar-refractivity contribution in [2.45, 2.75) is 18.7 Å². The highest BCUT2D eigenvalue weighted by atomic mass is 32.2. The molecular formula is C11H11N2O3S-. The lowest BCUT2D eigenvalue weighted by Crippen LogP contribution is -2.03. The maximum atomic E-state index is 11.1. The lowest BCUT2D eigenvalue weighted by molar-refractivity contribution is 0.462. The summed E-state index contributed by atoms with van der Waals surface area (Å²) in [7, 11) is -4.48. The number of rotatable bonds is 2. The largest absolute Gasteiger partial charge is 0.744 e. The van der Waals surface area contributed by atoms with Gasteiger partial charge in [0.2, 0.25) is 0 Å². The van der Waals surface area contributed by atoms with Crippen LogP contribution in [-0.2, 0) is 10.1 Å². The van der Waals surface area contributed by atoms with Crippen LogP contribution in [0.3, 0.4) is 0 Å². The van der Waals surface area contributed by atoms with E-state index in [0.29, 0.717) is 5.69 Å². The van der Waals surface area contributed by atoms with Crippen molar-refractivity contribution in [1.29, 1.82) is 0 Å². The minimum Gasteiger partial charge on any atom is -0.744 e. The van der Waals surface area contributed by atoms with Crippen molar-refractivity contribution < 1.29 is 13.0 Å². The van der Waals surface area contributed by atoms with Crippen LogP contribution in [-0.4, -0.2) is 22.8 Å². The van der Waals surface area contributed by atoms with E-state index in [9.17, 15) is 13.0 Å². The average Bonchev–Trinajstić information content (AvgIpc) is 2.54. The second-order valence-corrected chi connectivity index (χ2v) is 5.02. The first-order chi connectivity index (χ1) is 7.91. The summed E-state index contributed by atoms with van der Waals surface area (Å²) in [6.07, 6.45) is 0. The first kappa shape index (κ1) is 11.8. The maximum Gasteiger partial charge on any atom is 0.128 e. The quantitative estimate of drug-likeness (QED) is 0.756. The highest BCUT2D eigenvalue weighted by molar-refractivity contribution is 7.85. The second-order valence-electron chi connectivity index (χ2n) is 3.70. The molecule has 0 aliphatic carbocycles. The first-order valence-electron chi connectivity index (χ1n) is 4.99. The SMILES string of the molecule is Cc1nn(-c2ccccc2)c(C)c1S(=O)(=O)[O-]. The predicted molar refractivity (Wildman–Crippen MR) is 61.0 cm³/mol. The molecule has 0 aliphatic heterocycles. The normalized spacial score (nSPS) is 11.7. The fourth-order valence-electron chi connectivity index (χ4n) is 1.81. The third-order valence-corrected chi connectivity index (χ3v) is 3.57. The highest BCUT2D eigenvalue weighted by Gasteiger charge is 2.17. The average molecular weight is 251 g/mol. The Balaban J connectivity index is 2.69. The van der Waals surface area contributed by atoms with Crippen molar-refractivity contribution in [1.82, 2.24) is 9.78 Å².